The van der Waals surface area contributed by atoms with E-state index in [9.17, 15) is 9.90 Å². The highest BCUT2D eigenvalue weighted by Crippen LogP contribution is 2.21. The van der Waals surface area contributed by atoms with E-state index in [1.54, 1.807) is 47.1 Å². The highest BCUT2D eigenvalue weighted by Gasteiger charge is 2.17. The lowest BCUT2D eigenvalue weighted by atomic mass is 10.1. The molecule has 1 atom stereocenters. The maximum atomic E-state index is 12.2. The van der Waals surface area contributed by atoms with Crippen LogP contribution in [0.2, 0.25) is 0 Å². The fourth-order valence-electron chi connectivity index (χ4n) is 2.36. The molecular formula is C17H17N5O2. The second kappa shape index (κ2) is 7.01. The first-order valence-corrected chi connectivity index (χ1v) is 7.59. The zero-order chi connectivity index (χ0) is 16.9. The number of benzene rings is 2. The van der Waals surface area contributed by atoms with Crippen LogP contribution in [-0.2, 0) is 11.3 Å². The molecule has 24 heavy (non-hydrogen) atoms. The van der Waals surface area contributed by atoms with Gasteiger partial charge < -0.3 is 10.4 Å². The monoisotopic (exact) mass is 323 g/mol. The molecule has 2 N–H and O–H groups in total. The number of aromatic nitrogens is 4. The van der Waals surface area contributed by atoms with Gasteiger partial charge in [0, 0.05) is 17.8 Å². The van der Waals surface area contributed by atoms with E-state index in [1.165, 1.54) is 0 Å². The number of nitrogens with one attached hydrogen (secondary N) is 1. The number of hydrogen-bond acceptors (Lipinski definition) is 5. The van der Waals surface area contributed by atoms with E-state index in [1.807, 2.05) is 19.1 Å². The number of amides is 1. The van der Waals surface area contributed by atoms with Gasteiger partial charge in [0.05, 0.1) is 0 Å². The molecule has 0 bridgehead atoms. The Balaban J connectivity index is 1.79. The van der Waals surface area contributed by atoms with E-state index in [0.29, 0.717) is 23.6 Å². The first-order chi connectivity index (χ1) is 11.7. The zero-order valence-electron chi connectivity index (χ0n) is 13.1. The minimum Gasteiger partial charge on any atom is -0.378 e. The lowest BCUT2D eigenvalue weighted by molar-refractivity contribution is -0.124. The summed E-state index contributed by atoms with van der Waals surface area (Å²) in [6.07, 6.45) is -1.23. The van der Waals surface area contributed by atoms with E-state index in [4.69, 9.17) is 0 Å². The van der Waals surface area contributed by atoms with E-state index >= 15 is 0 Å². The van der Waals surface area contributed by atoms with Crippen LogP contribution in [0.5, 0.6) is 0 Å². The van der Waals surface area contributed by atoms with Crippen molar-refractivity contribution in [2.45, 2.75) is 19.6 Å². The molecule has 0 spiro atoms. The number of carbonyl (C=O) groups is 1. The van der Waals surface area contributed by atoms with E-state index < -0.39 is 12.0 Å². The van der Waals surface area contributed by atoms with Crippen molar-refractivity contribution in [1.82, 2.24) is 20.2 Å². The van der Waals surface area contributed by atoms with E-state index in [-0.39, 0.29) is 0 Å². The number of hydrogen-bond donors (Lipinski definition) is 2. The summed E-state index contributed by atoms with van der Waals surface area (Å²) < 4.78 is 1.67. The van der Waals surface area contributed by atoms with Crippen molar-refractivity contribution in [3.63, 3.8) is 0 Å². The topological polar surface area (TPSA) is 92.9 Å². The molecule has 7 heteroatoms. The van der Waals surface area contributed by atoms with Crippen LogP contribution in [0.25, 0.3) is 11.4 Å². The molecule has 0 saturated heterocycles. The standard InChI is InChI=1S/C17H17N5O2/c1-2-22-16(19-20-21-22)13-9-6-10-14(11-13)18-17(24)15(23)12-7-4-3-5-8-12/h3-11,15,23H,2H2,1H3,(H,18,24). The third-order valence-corrected chi connectivity index (χ3v) is 3.58. The van der Waals surface area contributed by atoms with Gasteiger partial charge in [-0.05, 0) is 35.0 Å². The molecule has 0 saturated carbocycles. The Morgan fingerprint density at radius 2 is 2.00 bits per heavy atom. The number of aliphatic hydroxyl groups is 1. The van der Waals surface area contributed by atoms with E-state index in [2.05, 4.69) is 20.8 Å². The molecule has 0 fully saturated rings. The van der Waals surface area contributed by atoms with Crippen LogP contribution in [0.3, 0.4) is 0 Å². The lowest BCUT2D eigenvalue weighted by Crippen LogP contribution is -2.20. The summed E-state index contributed by atoms with van der Waals surface area (Å²) in [5.74, 6) is 0.130. The Bertz CT molecular complexity index is 832. The summed E-state index contributed by atoms with van der Waals surface area (Å²) in [5, 5.41) is 24.4. The predicted octanol–water partition coefficient (Wildman–Crippen LogP) is 2.03. The summed E-state index contributed by atoms with van der Waals surface area (Å²) in [6.45, 7) is 2.59. The van der Waals surface area contributed by atoms with Crippen LogP contribution in [0, 0.1) is 0 Å². The molecule has 0 radical (unpaired) electrons. The van der Waals surface area contributed by atoms with E-state index in [0.717, 1.165) is 5.56 Å². The summed E-state index contributed by atoms with van der Waals surface area (Å²) in [5.41, 5.74) is 1.90. The maximum absolute atomic E-state index is 12.2. The van der Waals surface area contributed by atoms with Crippen molar-refractivity contribution in [2.24, 2.45) is 0 Å². The molecule has 0 aliphatic rings. The predicted molar refractivity (Wildman–Crippen MR) is 89.0 cm³/mol. The zero-order valence-corrected chi connectivity index (χ0v) is 13.1. The van der Waals surface area contributed by atoms with Crippen LogP contribution in [-0.4, -0.2) is 31.2 Å². The lowest BCUT2D eigenvalue weighted by Gasteiger charge is -2.12. The molecule has 2 aromatic carbocycles. The van der Waals surface area contributed by atoms with Crippen LogP contribution in [0.15, 0.2) is 54.6 Å². The summed E-state index contributed by atoms with van der Waals surface area (Å²) in [6, 6.07) is 16.0. The van der Waals surface area contributed by atoms with Crippen molar-refractivity contribution in [3.8, 4) is 11.4 Å². The number of nitrogens with zero attached hydrogens (tertiary/aromatic N) is 4. The number of anilines is 1. The number of carbonyl (C=O) groups excluding carboxylic acids is 1. The molecule has 1 unspecified atom stereocenters. The van der Waals surface area contributed by atoms with Crippen LogP contribution >= 0.6 is 0 Å². The van der Waals surface area contributed by atoms with Crippen molar-refractivity contribution >= 4 is 11.6 Å². The molecule has 1 amide bonds. The Morgan fingerprint density at radius 3 is 2.75 bits per heavy atom. The first kappa shape index (κ1) is 15.8. The minimum absolute atomic E-state index is 0.492. The van der Waals surface area contributed by atoms with Gasteiger partial charge in [0.2, 0.25) is 0 Å². The third-order valence-electron chi connectivity index (χ3n) is 3.58. The smallest absolute Gasteiger partial charge is 0.257 e. The number of aryl methyl sites for hydroxylation is 1. The average Bonchev–Trinajstić information content (AvgIpc) is 3.11. The number of rotatable bonds is 5. The molecule has 1 heterocycles. The van der Waals surface area contributed by atoms with Gasteiger partial charge in [-0.1, -0.05) is 42.5 Å². The van der Waals surface area contributed by atoms with Gasteiger partial charge in [0.15, 0.2) is 11.9 Å². The summed E-state index contributed by atoms with van der Waals surface area (Å²) >= 11 is 0. The van der Waals surface area contributed by atoms with Crippen LogP contribution < -0.4 is 5.32 Å². The molecule has 0 aliphatic carbocycles. The Kier molecular flexibility index (Phi) is 4.62. The van der Waals surface area contributed by atoms with Gasteiger partial charge >= 0.3 is 0 Å². The highest BCUT2D eigenvalue weighted by molar-refractivity contribution is 5.95. The average molecular weight is 323 g/mol. The van der Waals surface area contributed by atoms with Crippen molar-refractivity contribution < 1.29 is 9.90 Å². The number of tetrazole rings is 1. The Morgan fingerprint density at radius 1 is 1.21 bits per heavy atom. The second-order valence-corrected chi connectivity index (χ2v) is 5.20. The summed E-state index contributed by atoms with van der Waals surface area (Å²) in [7, 11) is 0. The Labute approximate surface area is 138 Å². The number of aliphatic hydroxyl groups excluding tert-OH is 1. The third kappa shape index (κ3) is 3.31. The van der Waals surface area contributed by atoms with Gasteiger partial charge in [0.25, 0.3) is 5.91 Å². The van der Waals surface area contributed by atoms with Crippen molar-refractivity contribution in [3.05, 3.63) is 60.2 Å². The molecule has 7 nitrogen and oxygen atoms in total. The maximum Gasteiger partial charge on any atom is 0.257 e. The van der Waals surface area contributed by atoms with Gasteiger partial charge in [-0.25, -0.2) is 4.68 Å². The first-order valence-electron chi connectivity index (χ1n) is 7.59. The SMILES string of the molecule is CCn1nnnc1-c1cccc(NC(=O)C(O)c2ccccc2)c1. The van der Waals surface area contributed by atoms with Crippen molar-refractivity contribution in [2.75, 3.05) is 5.32 Å². The minimum atomic E-state index is -1.23. The Hall–Kier alpha value is -3.06. The largest absolute Gasteiger partial charge is 0.378 e. The van der Waals surface area contributed by atoms with Crippen molar-refractivity contribution in [1.29, 1.82) is 0 Å². The van der Waals surface area contributed by atoms with Gasteiger partial charge in [-0.15, -0.1) is 5.10 Å². The van der Waals surface area contributed by atoms with Gasteiger partial charge in [-0.3, -0.25) is 4.79 Å². The molecule has 3 aromatic rings. The summed E-state index contributed by atoms with van der Waals surface area (Å²) in [4.78, 5) is 12.2. The fourth-order valence-corrected chi connectivity index (χ4v) is 2.36. The van der Waals surface area contributed by atoms with Gasteiger partial charge in [-0.2, -0.15) is 0 Å². The molecule has 122 valence electrons. The second-order valence-electron chi connectivity index (χ2n) is 5.20. The van der Waals surface area contributed by atoms with Crippen LogP contribution in [0.4, 0.5) is 5.69 Å². The molecule has 1 aromatic heterocycles. The van der Waals surface area contributed by atoms with Gasteiger partial charge in [0.1, 0.15) is 0 Å². The highest BCUT2D eigenvalue weighted by atomic mass is 16.3. The quantitative estimate of drug-likeness (QED) is 0.749. The molecule has 0 aliphatic heterocycles. The fraction of sp³-hybridized carbons (Fsp3) is 0.176. The molecule has 3 rings (SSSR count). The van der Waals surface area contributed by atoms with Crippen LogP contribution in [0.1, 0.15) is 18.6 Å². The normalized spacial score (nSPS) is 11.9. The molecular weight excluding hydrogens is 306 g/mol.